The third-order valence-electron chi connectivity index (χ3n) is 3.67. The Bertz CT molecular complexity index is 556. The van der Waals surface area contributed by atoms with Gasteiger partial charge in [-0.3, -0.25) is 0 Å². The molecule has 0 bridgehead atoms. The van der Waals surface area contributed by atoms with E-state index in [9.17, 15) is 17.9 Å². The number of hydrogen-bond acceptors (Lipinski definition) is 3. The molecule has 0 spiro atoms. The molecule has 2 N–H and O–H groups in total. The quantitative estimate of drug-likeness (QED) is 0.866. The van der Waals surface area contributed by atoms with E-state index in [1.807, 2.05) is 0 Å². The zero-order chi connectivity index (χ0) is 15.5. The molecule has 0 radical (unpaired) electrons. The lowest BCUT2D eigenvalue weighted by Gasteiger charge is -2.29. The summed E-state index contributed by atoms with van der Waals surface area (Å²) in [6.45, 7) is 2.61. The van der Waals surface area contributed by atoms with Gasteiger partial charge in [0.2, 0.25) is 0 Å². The van der Waals surface area contributed by atoms with Crippen LogP contribution in [0.3, 0.4) is 0 Å². The molecule has 2 atom stereocenters. The number of hydrogen-bond donors (Lipinski definition) is 2. The molecule has 1 saturated heterocycles. The smallest absolute Gasteiger partial charge is 0.279 e. The van der Waals surface area contributed by atoms with E-state index in [4.69, 9.17) is 0 Å². The Morgan fingerprint density at radius 3 is 2.33 bits per heavy atom. The van der Waals surface area contributed by atoms with E-state index in [0.29, 0.717) is 18.7 Å². The predicted octanol–water partition coefficient (Wildman–Crippen LogP) is 1.57. The minimum atomic E-state index is -3.59. The van der Waals surface area contributed by atoms with E-state index in [1.54, 1.807) is 6.92 Å². The summed E-state index contributed by atoms with van der Waals surface area (Å²) < 4.78 is 41.2. The van der Waals surface area contributed by atoms with Gasteiger partial charge in [0.1, 0.15) is 5.82 Å². The first-order valence-corrected chi connectivity index (χ1v) is 8.55. The lowest BCUT2D eigenvalue weighted by atomic mass is 10.0. The Labute approximate surface area is 125 Å². The highest BCUT2D eigenvalue weighted by molar-refractivity contribution is 7.87. The van der Waals surface area contributed by atoms with Crippen molar-refractivity contribution >= 4 is 10.2 Å². The molecule has 1 aliphatic rings. The van der Waals surface area contributed by atoms with Gasteiger partial charge in [-0.1, -0.05) is 18.6 Å². The second kappa shape index (κ2) is 6.83. The number of nitrogens with zero attached hydrogens (tertiary/aromatic N) is 1. The summed E-state index contributed by atoms with van der Waals surface area (Å²) in [5, 5.41) is 10.2. The fourth-order valence-electron chi connectivity index (χ4n) is 2.43. The first kappa shape index (κ1) is 16.4. The van der Waals surface area contributed by atoms with Crippen LogP contribution in [0.2, 0.25) is 0 Å². The van der Waals surface area contributed by atoms with Gasteiger partial charge in [-0.05, 0) is 37.5 Å². The van der Waals surface area contributed by atoms with Gasteiger partial charge in [0, 0.05) is 13.1 Å². The molecule has 7 heteroatoms. The standard InChI is InChI=1S/C14H21FN2O3S/c1-11(14(18)12-5-7-13(15)8-6-12)16-21(19,20)17-9-3-2-4-10-17/h5-8,11,14,16,18H,2-4,9-10H2,1H3. The van der Waals surface area contributed by atoms with E-state index in [2.05, 4.69) is 4.72 Å². The summed E-state index contributed by atoms with van der Waals surface area (Å²) in [5.74, 6) is -0.396. The van der Waals surface area contributed by atoms with Gasteiger partial charge in [-0.15, -0.1) is 0 Å². The molecule has 118 valence electrons. The second-order valence-corrected chi connectivity index (χ2v) is 7.07. The van der Waals surface area contributed by atoms with E-state index < -0.39 is 28.2 Å². The lowest BCUT2D eigenvalue weighted by molar-refractivity contribution is 0.145. The Hall–Kier alpha value is -1.02. The Kier molecular flexibility index (Phi) is 5.32. The Morgan fingerprint density at radius 1 is 1.19 bits per heavy atom. The predicted molar refractivity (Wildman–Crippen MR) is 78.3 cm³/mol. The van der Waals surface area contributed by atoms with Crippen LogP contribution in [0.1, 0.15) is 37.9 Å². The summed E-state index contributed by atoms with van der Waals surface area (Å²) in [4.78, 5) is 0. The Morgan fingerprint density at radius 2 is 1.76 bits per heavy atom. The van der Waals surface area contributed by atoms with Crippen molar-refractivity contribution < 1.29 is 17.9 Å². The molecule has 1 aliphatic heterocycles. The van der Waals surface area contributed by atoms with Crippen LogP contribution < -0.4 is 4.72 Å². The molecular formula is C14H21FN2O3S. The molecule has 1 aromatic carbocycles. The molecule has 1 fully saturated rings. The number of aliphatic hydroxyl groups excluding tert-OH is 1. The zero-order valence-corrected chi connectivity index (χ0v) is 12.8. The molecule has 0 saturated carbocycles. The van der Waals surface area contributed by atoms with Crippen molar-refractivity contribution in [2.24, 2.45) is 0 Å². The number of halogens is 1. The third kappa shape index (κ3) is 4.23. The van der Waals surface area contributed by atoms with Crippen molar-refractivity contribution in [2.45, 2.75) is 38.3 Å². The molecule has 1 aromatic rings. The maximum Gasteiger partial charge on any atom is 0.279 e. The van der Waals surface area contributed by atoms with Crippen molar-refractivity contribution in [3.63, 3.8) is 0 Å². The summed E-state index contributed by atoms with van der Waals surface area (Å²) in [5.41, 5.74) is 0.477. The molecule has 1 heterocycles. The van der Waals surface area contributed by atoms with Crippen LogP contribution >= 0.6 is 0 Å². The van der Waals surface area contributed by atoms with Crippen LogP contribution in [0.4, 0.5) is 4.39 Å². The van der Waals surface area contributed by atoms with Crippen LogP contribution in [0, 0.1) is 5.82 Å². The van der Waals surface area contributed by atoms with Crippen LogP contribution in [0.5, 0.6) is 0 Å². The van der Waals surface area contributed by atoms with E-state index in [0.717, 1.165) is 19.3 Å². The summed E-state index contributed by atoms with van der Waals surface area (Å²) in [6.07, 6.45) is 1.73. The SMILES string of the molecule is CC(NS(=O)(=O)N1CCCCC1)C(O)c1ccc(F)cc1. The van der Waals surface area contributed by atoms with Crippen LogP contribution in [-0.4, -0.2) is 37.0 Å². The number of piperidine rings is 1. The molecule has 0 amide bonds. The highest BCUT2D eigenvalue weighted by atomic mass is 32.2. The molecule has 2 unspecified atom stereocenters. The molecule has 0 aliphatic carbocycles. The fourth-order valence-corrected chi connectivity index (χ4v) is 3.91. The Balaban J connectivity index is 2.02. The highest BCUT2D eigenvalue weighted by Crippen LogP contribution is 2.19. The first-order chi connectivity index (χ1) is 9.90. The lowest BCUT2D eigenvalue weighted by Crippen LogP contribution is -2.48. The van der Waals surface area contributed by atoms with Crippen molar-refractivity contribution in [3.8, 4) is 0 Å². The van der Waals surface area contributed by atoms with Crippen molar-refractivity contribution in [1.82, 2.24) is 9.03 Å². The molecule has 0 aromatic heterocycles. The monoisotopic (exact) mass is 316 g/mol. The molecule has 5 nitrogen and oxygen atoms in total. The molecule has 2 rings (SSSR count). The third-order valence-corrected chi connectivity index (χ3v) is 5.39. The maximum absolute atomic E-state index is 12.9. The van der Waals surface area contributed by atoms with Gasteiger partial charge in [0.05, 0.1) is 12.1 Å². The fraction of sp³-hybridized carbons (Fsp3) is 0.571. The molecule has 21 heavy (non-hydrogen) atoms. The van der Waals surface area contributed by atoms with E-state index >= 15 is 0 Å². The summed E-state index contributed by atoms with van der Waals surface area (Å²) in [6, 6.07) is 4.69. The summed E-state index contributed by atoms with van der Waals surface area (Å²) >= 11 is 0. The van der Waals surface area contributed by atoms with Crippen LogP contribution in [0.15, 0.2) is 24.3 Å². The van der Waals surface area contributed by atoms with Gasteiger partial charge in [0.25, 0.3) is 10.2 Å². The minimum absolute atomic E-state index is 0.396. The van der Waals surface area contributed by atoms with E-state index in [-0.39, 0.29) is 0 Å². The molecular weight excluding hydrogens is 295 g/mol. The number of rotatable bonds is 5. The van der Waals surface area contributed by atoms with Crippen molar-refractivity contribution in [2.75, 3.05) is 13.1 Å². The maximum atomic E-state index is 12.9. The number of nitrogens with one attached hydrogen (secondary N) is 1. The number of aliphatic hydroxyl groups is 1. The summed E-state index contributed by atoms with van der Waals surface area (Å²) in [7, 11) is -3.59. The average Bonchev–Trinajstić information content (AvgIpc) is 2.48. The topological polar surface area (TPSA) is 69.6 Å². The van der Waals surface area contributed by atoms with Gasteiger partial charge in [0.15, 0.2) is 0 Å². The second-order valence-electron chi connectivity index (χ2n) is 5.37. The van der Waals surface area contributed by atoms with E-state index in [1.165, 1.54) is 28.6 Å². The van der Waals surface area contributed by atoms with Gasteiger partial charge >= 0.3 is 0 Å². The zero-order valence-electron chi connectivity index (χ0n) is 12.0. The minimum Gasteiger partial charge on any atom is -0.387 e. The number of benzene rings is 1. The largest absolute Gasteiger partial charge is 0.387 e. The van der Waals surface area contributed by atoms with Crippen LogP contribution in [0.25, 0.3) is 0 Å². The van der Waals surface area contributed by atoms with Gasteiger partial charge in [-0.2, -0.15) is 17.4 Å². The normalized spacial score (nSPS) is 20.1. The van der Waals surface area contributed by atoms with Crippen molar-refractivity contribution in [3.05, 3.63) is 35.6 Å². The first-order valence-electron chi connectivity index (χ1n) is 7.11. The van der Waals surface area contributed by atoms with Crippen LogP contribution in [-0.2, 0) is 10.2 Å². The highest BCUT2D eigenvalue weighted by Gasteiger charge is 2.28. The van der Waals surface area contributed by atoms with Crippen molar-refractivity contribution in [1.29, 1.82) is 0 Å². The van der Waals surface area contributed by atoms with Gasteiger partial charge < -0.3 is 5.11 Å². The van der Waals surface area contributed by atoms with Gasteiger partial charge in [-0.25, -0.2) is 4.39 Å². The average molecular weight is 316 g/mol.